The summed E-state index contributed by atoms with van der Waals surface area (Å²) in [7, 11) is -0.849. The Morgan fingerprint density at radius 2 is 1.20 bits per heavy atom. The highest BCUT2D eigenvalue weighted by atomic mass is 28.3. The summed E-state index contributed by atoms with van der Waals surface area (Å²) in [5, 5.41) is 2.93. The van der Waals surface area contributed by atoms with Crippen LogP contribution in [0, 0.1) is 0 Å². The molecule has 1 radical (unpaired) electrons. The Morgan fingerprint density at radius 1 is 0.700 bits per heavy atom. The minimum atomic E-state index is -0.849. The van der Waals surface area contributed by atoms with Crippen molar-refractivity contribution in [2.24, 2.45) is 0 Å². The van der Waals surface area contributed by atoms with Gasteiger partial charge in [-0.3, -0.25) is 0 Å². The molecule has 0 atom stereocenters. The van der Waals surface area contributed by atoms with Crippen LogP contribution in [0.25, 0.3) is 0 Å². The van der Waals surface area contributed by atoms with Crippen molar-refractivity contribution in [2.45, 2.75) is 38.1 Å². The molecule has 2 aromatic rings. The van der Waals surface area contributed by atoms with Gasteiger partial charge in [0.05, 0.1) is 0 Å². The fourth-order valence-corrected chi connectivity index (χ4v) is 5.41. The second-order valence-corrected chi connectivity index (χ2v) is 7.78. The van der Waals surface area contributed by atoms with Gasteiger partial charge in [-0.25, -0.2) is 0 Å². The first kappa shape index (κ1) is 13.6. The van der Waals surface area contributed by atoms with Crippen molar-refractivity contribution in [3.8, 4) is 0 Å². The lowest BCUT2D eigenvalue weighted by Crippen LogP contribution is -2.57. The monoisotopic (exact) mass is 280 g/mol. The zero-order chi connectivity index (χ0) is 13.6. The van der Waals surface area contributed by atoms with E-state index in [1.54, 1.807) is 0 Å². The van der Waals surface area contributed by atoms with E-state index in [-0.39, 0.29) is 0 Å². The molecule has 0 amide bonds. The van der Waals surface area contributed by atoms with Crippen LogP contribution in [0.5, 0.6) is 0 Å². The summed E-state index contributed by atoms with van der Waals surface area (Å²) < 4.78 is 0. The van der Waals surface area contributed by atoms with Crippen molar-refractivity contribution in [3.63, 3.8) is 0 Å². The molecule has 0 unspecified atom stereocenters. The molecule has 103 valence electrons. The van der Waals surface area contributed by atoms with Crippen LogP contribution in [0.15, 0.2) is 60.7 Å². The first-order valence-electron chi connectivity index (χ1n) is 7.68. The highest BCUT2D eigenvalue weighted by Crippen LogP contribution is 2.17. The van der Waals surface area contributed by atoms with Gasteiger partial charge in [0.25, 0.3) is 0 Å². The predicted molar refractivity (Wildman–Crippen MR) is 87.9 cm³/mol. The maximum absolute atomic E-state index is 3.99. The second kappa shape index (κ2) is 6.87. The minimum Gasteiger partial charge on any atom is -0.328 e. The standard InChI is InChI=1S/C18H22NSi/c1-4-10-16(11-5-1)19-20(17-12-6-2-7-13-17)18-14-8-3-9-15-18/h2-3,6-9,12-16,19H,1,4-5,10-11H2. The molecule has 2 heteroatoms. The highest BCUT2D eigenvalue weighted by Gasteiger charge is 2.22. The highest BCUT2D eigenvalue weighted by molar-refractivity contribution is 6.83. The molecule has 1 N–H and O–H groups in total. The van der Waals surface area contributed by atoms with Gasteiger partial charge in [0.15, 0.2) is 0 Å². The number of benzene rings is 2. The van der Waals surface area contributed by atoms with Gasteiger partial charge in [-0.05, 0) is 23.2 Å². The van der Waals surface area contributed by atoms with Crippen LogP contribution in [0.3, 0.4) is 0 Å². The molecule has 0 aliphatic heterocycles. The molecule has 2 aromatic carbocycles. The van der Waals surface area contributed by atoms with Crippen LogP contribution in [0.1, 0.15) is 32.1 Å². The van der Waals surface area contributed by atoms with E-state index in [0.717, 1.165) is 0 Å². The van der Waals surface area contributed by atoms with E-state index in [0.29, 0.717) is 6.04 Å². The molecule has 1 aliphatic carbocycles. The summed E-state index contributed by atoms with van der Waals surface area (Å²) in [6.45, 7) is 0. The summed E-state index contributed by atoms with van der Waals surface area (Å²) in [5.41, 5.74) is 0. The lowest BCUT2D eigenvalue weighted by Gasteiger charge is -2.28. The maximum Gasteiger partial charge on any atom is 0.206 e. The molecule has 1 saturated carbocycles. The van der Waals surface area contributed by atoms with Crippen LogP contribution in [0.2, 0.25) is 0 Å². The molecule has 20 heavy (non-hydrogen) atoms. The summed E-state index contributed by atoms with van der Waals surface area (Å²) in [6.07, 6.45) is 6.87. The van der Waals surface area contributed by atoms with Crippen LogP contribution in [-0.2, 0) is 0 Å². The van der Waals surface area contributed by atoms with Gasteiger partial charge in [0.1, 0.15) is 0 Å². The fraction of sp³-hybridized carbons (Fsp3) is 0.333. The smallest absolute Gasteiger partial charge is 0.206 e. The topological polar surface area (TPSA) is 12.0 Å². The summed E-state index contributed by atoms with van der Waals surface area (Å²) in [5.74, 6) is 0. The van der Waals surface area contributed by atoms with E-state index in [9.17, 15) is 0 Å². The average molecular weight is 280 g/mol. The molecule has 0 aromatic heterocycles. The Kier molecular flexibility index (Phi) is 4.67. The first-order valence-corrected chi connectivity index (χ1v) is 9.18. The Morgan fingerprint density at radius 3 is 1.70 bits per heavy atom. The van der Waals surface area contributed by atoms with Crippen molar-refractivity contribution in [1.82, 2.24) is 4.98 Å². The average Bonchev–Trinajstić information content (AvgIpc) is 2.55. The van der Waals surface area contributed by atoms with Gasteiger partial charge < -0.3 is 4.98 Å². The largest absolute Gasteiger partial charge is 0.328 e. The van der Waals surface area contributed by atoms with Crippen molar-refractivity contribution in [1.29, 1.82) is 0 Å². The predicted octanol–water partition coefficient (Wildman–Crippen LogP) is 2.71. The Hall–Kier alpha value is -1.38. The molecule has 1 nitrogen and oxygen atoms in total. The second-order valence-electron chi connectivity index (χ2n) is 5.59. The van der Waals surface area contributed by atoms with Crippen molar-refractivity contribution >= 4 is 19.3 Å². The molecule has 0 saturated heterocycles. The van der Waals surface area contributed by atoms with Gasteiger partial charge in [0.2, 0.25) is 8.96 Å². The van der Waals surface area contributed by atoms with Crippen molar-refractivity contribution < 1.29 is 0 Å². The first-order chi connectivity index (χ1) is 9.93. The molecule has 0 heterocycles. The normalized spacial score (nSPS) is 16.4. The number of nitrogens with one attached hydrogen (secondary N) is 1. The van der Waals surface area contributed by atoms with Gasteiger partial charge in [-0.1, -0.05) is 79.9 Å². The molecule has 1 aliphatic rings. The third-order valence-electron chi connectivity index (χ3n) is 4.08. The SMILES string of the molecule is c1ccc([Si](NC2CCCCC2)c2ccccc2)cc1. The Bertz CT molecular complexity index is 466. The third kappa shape index (κ3) is 3.38. The van der Waals surface area contributed by atoms with E-state index >= 15 is 0 Å². The van der Waals surface area contributed by atoms with E-state index in [1.165, 1.54) is 42.5 Å². The molecular weight excluding hydrogens is 258 g/mol. The van der Waals surface area contributed by atoms with Gasteiger partial charge >= 0.3 is 0 Å². The number of rotatable bonds is 4. The lowest BCUT2D eigenvalue weighted by molar-refractivity contribution is 0.418. The van der Waals surface area contributed by atoms with Crippen LogP contribution in [-0.4, -0.2) is 15.0 Å². The summed E-state index contributed by atoms with van der Waals surface area (Å²) in [6, 6.07) is 22.7. The molecule has 0 spiro atoms. The Balaban J connectivity index is 1.83. The molecular formula is C18H22NSi. The Labute approximate surface area is 123 Å². The van der Waals surface area contributed by atoms with E-state index < -0.39 is 8.96 Å². The molecule has 1 fully saturated rings. The maximum atomic E-state index is 3.99. The molecule has 0 bridgehead atoms. The van der Waals surface area contributed by atoms with Crippen molar-refractivity contribution in [3.05, 3.63) is 60.7 Å². The van der Waals surface area contributed by atoms with Crippen molar-refractivity contribution in [2.75, 3.05) is 0 Å². The van der Waals surface area contributed by atoms with Crippen LogP contribution < -0.4 is 15.4 Å². The van der Waals surface area contributed by atoms with E-state index in [4.69, 9.17) is 0 Å². The van der Waals surface area contributed by atoms with Crippen LogP contribution in [0.4, 0.5) is 0 Å². The zero-order valence-corrected chi connectivity index (χ0v) is 12.9. The van der Waals surface area contributed by atoms with E-state index in [2.05, 4.69) is 65.6 Å². The summed E-state index contributed by atoms with van der Waals surface area (Å²) >= 11 is 0. The quantitative estimate of drug-likeness (QED) is 0.849. The number of hydrogen-bond acceptors (Lipinski definition) is 1. The zero-order valence-electron chi connectivity index (χ0n) is 11.9. The van der Waals surface area contributed by atoms with Gasteiger partial charge in [-0.2, -0.15) is 0 Å². The van der Waals surface area contributed by atoms with Gasteiger partial charge in [-0.15, -0.1) is 0 Å². The van der Waals surface area contributed by atoms with E-state index in [1.807, 2.05) is 0 Å². The molecule has 3 rings (SSSR count). The van der Waals surface area contributed by atoms with Crippen LogP contribution >= 0.6 is 0 Å². The third-order valence-corrected chi connectivity index (χ3v) is 6.60. The minimum absolute atomic E-state index is 0.707. The fourth-order valence-electron chi connectivity index (χ4n) is 2.99. The van der Waals surface area contributed by atoms with Gasteiger partial charge in [0, 0.05) is 6.04 Å². The lowest BCUT2D eigenvalue weighted by atomic mass is 9.96. The summed E-state index contributed by atoms with van der Waals surface area (Å²) in [4.78, 5) is 3.99. The number of hydrogen-bond donors (Lipinski definition) is 1.